The minimum atomic E-state index is -1.16. The summed E-state index contributed by atoms with van der Waals surface area (Å²) in [5.41, 5.74) is 0.831. The fourth-order valence-electron chi connectivity index (χ4n) is 7.22. The summed E-state index contributed by atoms with van der Waals surface area (Å²) >= 11 is 6.06. The number of carbonyl (C=O) groups is 2. The van der Waals surface area contributed by atoms with Gasteiger partial charge in [-0.1, -0.05) is 19.4 Å². The van der Waals surface area contributed by atoms with Crippen molar-refractivity contribution in [3.05, 3.63) is 11.6 Å². The van der Waals surface area contributed by atoms with E-state index in [1.807, 2.05) is 6.92 Å². The first-order valence-corrected chi connectivity index (χ1v) is 10.4. The SMILES string of the molecule is C[C@]12CC[C@H]3[C@@H](CCC4=CC(=O)C(=O)C(O)[C@@]43C)[C@@H]1CC[C@@H]2CCCl. The number of carbonyl (C=O) groups excluding carboxylic acids is 2. The smallest absolute Gasteiger partial charge is 0.231 e. The Morgan fingerprint density at radius 2 is 1.92 bits per heavy atom. The van der Waals surface area contributed by atoms with Crippen LogP contribution in [0.1, 0.15) is 58.8 Å². The first-order chi connectivity index (χ1) is 11.8. The quantitative estimate of drug-likeness (QED) is 0.597. The second-order valence-corrected chi connectivity index (χ2v) is 9.67. The van der Waals surface area contributed by atoms with Crippen LogP contribution in [0.4, 0.5) is 0 Å². The van der Waals surface area contributed by atoms with Gasteiger partial charge in [-0.25, -0.2) is 0 Å². The molecule has 3 saturated carbocycles. The van der Waals surface area contributed by atoms with Crippen LogP contribution in [0.25, 0.3) is 0 Å². The summed E-state index contributed by atoms with van der Waals surface area (Å²) in [6, 6.07) is 0. The molecule has 138 valence electrons. The van der Waals surface area contributed by atoms with Crippen molar-refractivity contribution in [2.24, 2.45) is 34.5 Å². The number of aliphatic hydroxyl groups excluding tert-OH is 1. The van der Waals surface area contributed by atoms with E-state index in [1.165, 1.54) is 12.8 Å². The third kappa shape index (κ3) is 2.27. The maximum Gasteiger partial charge on any atom is 0.231 e. The van der Waals surface area contributed by atoms with Crippen molar-refractivity contribution in [3.8, 4) is 0 Å². The molecule has 0 aliphatic heterocycles. The van der Waals surface area contributed by atoms with Crippen LogP contribution >= 0.6 is 11.6 Å². The van der Waals surface area contributed by atoms with E-state index in [0.717, 1.165) is 43.6 Å². The van der Waals surface area contributed by atoms with E-state index in [-0.39, 0.29) is 0 Å². The number of halogens is 1. The van der Waals surface area contributed by atoms with Crippen LogP contribution < -0.4 is 0 Å². The summed E-state index contributed by atoms with van der Waals surface area (Å²) in [5, 5.41) is 10.8. The summed E-state index contributed by atoms with van der Waals surface area (Å²) in [7, 11) is 0. The highest BCUT2D eigenvalue weighted by atomic mass is 35.5. The van der Waals surface area contributed by atoms with E-state index in [0.29, 0.717) is 29.1 Å². The Morgan fingerprint density at radius 1 is 1.16 bits per heavy atom. The first kappa shape index (κ1) is 17.7. The molecular formula is C21H29ClO3. The summed E-state index contributed by atoms with van der Waals surface area (Å²) in [4.78, 5) is 24.1. The molecule has 0 aromatic carbocycles. The summed E-state index contributed by atoms with van der Waals surface area (Å²) in [6.07, 6.45) is 8.13. The molecule has 1 unspecified atom stereocenters. The molecule has 0 radical (unpaired) electrons. The van der Waals surface area contributed by atoms with Crippen LogP contribution in [0.3, 0.4) is 0 Å². The number of hydrogen-bond acceptors (Lipinski definition) is 3. The lowest BCUT2D eigenvalue weighted by Crippen LogP contribution is -2.58. The molecule has 0 aromatic rings. The van der Waals surface area contributed by atoms with Crippen molar-refractivity contribution in [3.63, 3.8) is 0 Å². The second kappa shape index (κ2) is 5.92. The monoisotopic (exact) mass is 364 g/mol. The van der Waals surface area contributed by atoms with Gasteiger partial charge < -0.3 is 5.11 Å². The van der Waals surface area contributed by atoms with Gasteiger partial charge >= 0.3 is 0 Å². The van der Waals surface area contributed by atoms with Crippen molar-refractivity contribution in [2.75, 3.05) is 5.88 Å². The Labute approximate surface area is 155 Å². The normalized spacial score (nSPS) is 49.3. The fourth-order valence-corrected chi connectivity index (χ4v) is 7.48. The highest BCUT2D eigenvalue weighted by Crippen LogP contribution is 2.66. The van der Waals surface area contributed by atoms with Crippen LogP contribution in [0.5, 0.6) is 0 Å². The van der Waals surface area contributed by atoms with Crippen molar-refractivity contribution in [1.82, 2.24) is 0 Å². The molecule has 0 amide bonds. The maximum atomic E-state index is 12.2. The molecule has 4 heteroatoms. The molecule has 3 nitrogen and oxygen atoms in total. The zero-order chi connectivity index (χ0) is 18.0. The molecule has 7 atom stereocenters. The molecule has 25 heavy (non-hydrogen) atoms. The van der Waals surface area contributed by atoms with Crippen LogP contribution in [-0.2, 0) is 9.59 Å². The highest BCUT2D eigenvalue weighted by Gasteiger charge is 2.61. The number of aliphatic hydroxyl groups is 1. The second-order valence-electron chi connectivity index (χ2n) is 9.30. The standard InChI is InChI=1S/C21H29ClO3/c1-20-9-7-16-14(15(20)6-4-12(20)8-10-22)5-3-13-11-17(23)18(24)19(25)21(13,16)2/h11-12,14-16,19,25H,3-10H2,1-2H3/t12-,14+,15+,16+,19?,20-,21+/m1/s1. The lowest BCUT2D eigenvalue weighted by molar-refractivity contribution is -0.151. The predicted octanol–water partition coefficient (Wildman–Crippen LogP) is 3.91. The number of Topliss-reactive ketones (excluding diaryl/α,β-unsaturated/α-hetero) is 1. The van der Waals surface area contributed by atoms with E-state index in [2.05, 4.69) is 6.92 Å². The highest BCUT2D eigenvalue weighted by molar-refractivity contribution is 6.44. The lowest BCUT2D eigenvalue weighted by Gasteiger charge is -2.58. The van der Waals surface area contributed by atoms with Gasteiger partial charge in [0.1, 0.15) is 6.10 Å². The topological polar surface area (TPSA) is 54.4 Å². The summed E-state index contributed by atoms with van der Waals surface area (Å²) < 4.78 is 0. The van der Waals surface area contributed by atoms with Crippen molar-refractivity contribution >= 4 is 23.2 Å². The Morgan fingerprint density at radius 3 is 2.64 bits per heavy atom. The molecule has 0 aromatic heterocycles. The molecular weight excluding hydrogens is 336 g/mol. The fraction of sp³-hybridized carbons (Fsp3) is 0.810. The van der Waals surface area contributed by atoms with Gasteiger partial charge in [0.25, 0.3) is 0 Å². The molecule has 1 N–H and O–H groups in total. The predicted molar refractivity (Wildman–Crippen MR) is 97.3 cm³/mol. The minimum absolute atomic E-state index is 0.312. The summed E-state index contributed by atoms with van der Waals surface area (Å²) in [5.74, 6) is 1.86. The zero-order valence-electron chi connectivity index (χ0n) is 15.3. The van der Waals surface area contributed by atoms with Gasteiger partial charge in [0.15, 0.2) is 0 Å². The largest absolute Gasteiger partial charge is 0.384 e. The Kier molecular flexibility index (Phi) is 4.20. The summed E-state index contributed by atoms with van der Waals surface area (Å²) in [6.45, 7) is 4.50. The average molecular weight is 365 g/mol. The van der Waals surface area contributed by atoms with E-state index in [1.54, 1.807) is 6.08 Å². The zero-order valence-corrected chi connectivity index (χ0v) is 16.0. The van der Waals surface area contributed by atoms with Crippen LogP contribution in [-0.4, -0.2) is 28.7 Å². The Balaban J connectivity index is 1.69. The van der Waals surface area contributed by atoms with E-state index >= 15 is 0 Å². The van der Waals surface area contributed by atoms with Gasteiger partial charge in [-0.2, -0.15) is 0 Å². The molecule has 0 heterocycles. The molecule has 4 aliphatic rings. The van der Waals surface area contributed by atoms with Gasteiger partial charge in [0.05, 0.1) is 0 Å². The molecule has 0 saturated heterocycles. The van der Waals surface area contributed by atoms with E-state index < -0.39 is 23.1 Å². The number of ketones is 2. The van der Waals surface area contributed by atoms with Gasteiger partial charge in [-0.3, -0.25) is 9.59 Å². The molecule has 0 bridgehead atoms. The van der Waals surface area contributed by atoms with Crippen LogP contribution in [0.15, 0.2) is 11.6 Å². The van der Waals surface area contributed by atoms with Crippen LogP contribution in [0, 0.1) is 34.5 Å². The minimum Gasteiger partial charge on any atom is -0.384 e. The van der Waals surface area contributed by atoms with Crippen molar-refractivity contribution in [1.29, 1.82) is 0 Å². The van der Waals surface area contributed by atoms with Crippen molar-refractivity contribution in [2.45, 2.75) is 64.9 Å². The van der Waals surface area contributed by atoms with Crippen molar-refractivity contribution < 1.29 is 14.7 Å². The number of hydrogen-bond donors (Lipinski definition) is 1. The molecule has 4 rings (SSSR count). The van der Waals surface area contributed by atoms with Gasteiger partial charge in [0, 0.05) is 11.3 Å². The number of rotatable bonds is 2. The first-order valence-electron chi connectivity index (χ1n) is 9.87. The number of alkyl halides is 1. The Bertz CT molecular complexity index is 641. The molecule has 0 spiro atoms. The number of fused-ring (bicyclic) bond motifs is 5. The van der Waals surface area contributed by atoms with Crippen LogP contribution in [0.2, 0.25) is 0 Å². The third-order valence-corrected chi connectivity index (χ3v) is 8.88. The average Bonchev–Trinajstić information content (AvgIpc) is 2.92. The van der Waals surface area contributed by atoms with Gasteiger partial charge in [-0.05, 0) is 80.1 Å². The lowest BCUT2D eigenvalue weighted by atomic mass is 9.46. The maximum absolute atomic E-state index is 12.2. The van der Waals surface area contributed by atoms with E-state index in [9.17, 15) is 14.7 Å². The van der Waals surface area contributed by atoms with Gasteiger partial charge in [-0.15, -0.1) is 11.6 Å². The van der Waals surface area contributed by atoms with E-state index in [4.69, 9.17) is 11.6 Å². The third-order valence-electron chi connectivity index (χ3n) is 8.66. The molecule has 4 aliphatic carbocycles. The van der Waals surface area contributed by atoms with Gasteiger partial charge in [0.2, 0.25) is 11.6 Å². The Hall–Kier alpha value is -0.670. The molecule has 3 fully saturated rings.